The minimum absolute atomic E-state index is 0.179. The Labute approximate surface area is 156 Å². The van der Waals surface area contributed by atoms with Gasteiger partial charge < -0.3 is 4.57 Å². The normalized spacial score (nSPS) is 13.5. The summed E-state index contributed by atoms with van der Waals surface area (Å²) in [4.78, 5) is 20.0. The van der Waals surface area contributed by atoms with Crippen LogP contribution in [0.25, 0.3) is 10.3 Å². The topological polar surface area (TPSA) is 34.9 Å². The first kappa shape index (κ1) is 16.9. The molecule has 0 saturated heterocycles. The molecule has 0 unspecified atom stereocenters. The van der Waals surface area contributed by atoms with Crippen molar-refractivity contribution in [3.05, 3.63) is 56.6 Å². The summed E-state index contributed by atoms with van der Waals surface area (Å²) in [5.41, 5.74) is 3.22. The maximum Gasteiger partial charge on any atom is 0.211 e. The molecule has 3 aromatic rings. The predicted molar refractivity (Wildman–Crippen MR) is 107 cm³/mol. The van der Waals surface area contributed by atoms with Gasteiger partial charge in [-0.05, 0) is 37.7 Å². The Bertz CT molecular complexity index is 944. The maximum absolute atomic E-state index is 12.9. The van der Waals surface area contributed by atoms with Gasteiger partial charge in [-0.15, -0.1) is 11.3 Å². The summed E-state index contributed by atoms with van der Waals surface area (Å²) in [5, 5.41) is 1.00. The highest BCUT2D eigenvalue weighted by Gasteiger charge is 2.22. The van der Waals surface area contributed by atoms with Gasteiger partial charge in [0, 0.05) is 22.7 Å². The Morgan fingerprint density at radius 2 is 2.08 bits per heavy atom. The molecule has 0 amide bonds. The number of fused-ring (bicyclic) bond motifs is 2. The summed E-state index contributed by atoms with van der Waals surface area (Å²) in [7, 11) is 0. The summed E-state index contributed by atoms with van der Waals surface area (Å²) < 4.78 is 2.29. The van der Waals surface area contributed by atoms with Gasteiger partial charge >= 0.3 is 0 Å². The van der Waals surface area contributed by atoms with Crippen molar-refractivity contribution in [2.45, 2.75) is 50.7 Å². The van der Waals surface area contributed by atoms with Crippen LogP contribution in [-0.2, 0) is 25.8 Å². The molecule has 0 saturated carbocycles. The van der Waals surface area contributed by atoms with Crippen LogP contribution in [0.5, 0.6) is 0 Å². The van der Waals surface area contributed by atoms with E-state index in [0.717, 1.165) is 60.0 Å². The molecular formula is C20H22N2OS2. The zero-order valence-electron chi connectivity index (χ0n) is 14.5. The van der Waals surface area contributed by atoms with E-state index in [-0.39, 0.29) is 5.43 Å². The van der Waals surface area contributed by atoms with Crippen molar-refractivity contribution in [1.29, 1.82) is 0 Å². The van der Waals surface area contributed by atoms with Gasteiger partial charge in [0.1, 0.15) is 10.3 Å². The van der Waals surface area contributed by atoms with Crippen LogP contribution in [0.3, 0.4) is 0 Å². The van der Waals surface area contributed by atoms with Crippen LogP contribution in [0.1, 0.15) is 35.8 Å². The first-order valence-corrected chi connectivity index (χ1v) is 10.8. The molecule has 0 radical (unpaired) electrons. The first-order valence-electron chi connectivity index (χ1n) is 8.99. The molecule has 2 heterocycles. The molecule has 0 bridgehead atoms. The Morgan fingerprint density at radius 1 is 1.24 bits per heavy atom. The molecule has 25 heavy (non-hydrogen) atoms. The number of thioether (sulfide) groups is 1. The minimum atomic E-state index is 0.179. The average molecular weight is 371 g/mol. The monoisotopic (exact) mass is 370 g/mol. The van der Waals surface area contributed by atoms with Gasteiger partial charge in [-0.3, -0.25) is 4.79 Å². The predicted octanol–water partition coefficient (Wildman–Crippen LogP) is 4.69. The Morgan fingerprint density at radius 3 is 2.88 bits per heavy atom. The molecule has 0 fully saturated rings. The third-order valence-electron chi connectivity index (χ3n) is 4.66. The molecule has 1 aliphatic rings. The van der Waals surface area contributed by atoms with Gasteiger partial charge in [0.25, 0.3) is 0 Å². The van der Waals surface area contributed by atoms with E-state index in [2.05, 4.69) is 35.8 Å². The van der Waals surface area contributed by atoms with Gasteiger partial charge in [0.05, 0.1) is 0 Å². The Balaban J connectivity index is 1.76. The van der Waals surface area contributed by atoms with Crippen molar-refractivity contribution < 1.29 is 0 Å². The Kier molecular flexibility index (Phi) is 4.95. The molecule has 4 rings (SSSR count). The van der Waals surface area contributed by atoms with Gasteiger partial charge in [0.2, 0.25) is 5.43 Å². The second-order valence-electron chi connectivity index (χ2n) is 6.47. The highest BCUT2D eigenvalue weighted by molar-refractivity contribution is 7.99. The van der Waals surface area contributed by atoms with Crippen LogP contribution in [0.15, 0.2) is 40.3 Å². The van der Waals surface area contributed by atoms with E-state index in [1.807, 2.05) is 6.07 Å². The third kappa shape index (κ3) is 3.27. The summed E-state index contributed by atoms with van der Waals surface area (Å²) >= 11 is 3.57. The van der Waals surface area contributed by atoms with Gasteiger partial charge in [-0.2, -0.15) is 0 Å². The van der Waals surface area contributed by atoms with E-state index in [9.17, 15) is 4.79 Å². The van der Waals surface area contributed by atoms with Gasteiger partial charge in [-0.1, -0.05) is 49.0 Å². The molecule has 0 N–H and O–H groups in total. The van der Waals surface area contributed by atoms with Crippen LogP contribution in [0.2, 0.25) is 0 Å². The standard InChI is InChI=1S/C20H22N2OS2/c1-2-13-24-20-21-17-18(23)15-9-6-10-16(15)25-19(17)22(20)12-11-14-7-4-3-5-8-14/h3-5,7-8H,2,6,9-13H2,1H3. The molecular weight excluding hydrogens is 348 g/mol. The van der Waals surface area contributed by atoms with Crippen molar-refractivity contribution >= 4 is 33.4 Å². The van der Waals surface area contributed by atoms with E-state index in [4.69, 9.17) is 4.98 Å². The zero-order chi connectivity index (χ0) is 17.2. The van der Waals surface area contributed by atoms with E-state index in [1.54, 1.807) is 23.1 Å². The molecule has 1 aromatic carbocycles. The average Bonchev–Trinajstić information content (AvgIpc) is 3.24. The number of nitrogens with zero attached hydrogens (tertiary/aromatic N) is 2. The van der Waals surface area contributed by atoms with Crippen molar-refractivity contribution in [2.24, 2.45) is 0 Å². The lowest BCUT2D eigenvalue weighted by Crippen LogP contribution is -2.08. The van der Waals surface area contributed by atoms with Crippen molar-refractivity contribution in [2.75, 3.05) is 5.75 Å². The quantitative estimate of drug-likeness (QED) is 0.590. The van der Waals surface area contributed by atoms with E-state index in [0.29, 0.717) is 5.52 Å². The SMILES string of the molecule is CCCSc1nc2c(=O)c3c(sc2n1CCc1ccccc1)CCC3. The first-order chi connectivity index (χ1) is 12.3. The van der Waals surface area contributed by atoms with Crippen molar-refractivity contribution in [1.82, 2.24) is 9.55 Å². The number of hydrogen-bond acceptors (Lipinski definition) is 4. The molecule has 3 nitrogen and oxygen atoms in total. The molecule has 0 aliphatic heterocycles. The number of benzene rings is 1. The van der Waals surface area contributed by atoms with Crippen molar-refractivity contribution in [3.63, 3.8) is 0 Å². The fraction of sp³-hybridized carbons (Fsp3) is 0.400. The summed E-state index contributed by atoms with van der Waals surface area (Å²) in [6.45, 7) is 3.06. The zero-order valence-corrected chi connectivity index (χ0v) is 16.1. The summed E-state index contributed by atoms with van der Waals surface area (Å²) in [6, 6.07) is 10.5. The molecule has 5 heteroatoms. The lowest BCUT2D eigenvalue weighted by molar-refractivity contribution is 0.655. The van der Waals surface area contributed by atoms with Crippen LogP contribution in [0.4, 0.5) is 0 Å². The minimum Gasteiger partial charge on any atom is -0.310 e. The number of aryl methyl sites for hydroxylation is 3. The number of imidazole rings is 1. The Hall–Kier alpha value is -1.59. The second-order valence-corrected chi connectivity index (χ2v) is 8.62. The highest BCUT2D eigenvalue weighted by atomic mass is 32.2. The molecule has 0 spiro atoms. The number of aromatic nitrogens is 2. The highest BCUT2D eigenvalue weighted by Crippen LogP contribution is 2.32. The van der Waals surface area contributed by atoms with E-state index in [1.165, 1.54) is 10.4 Å². The van der Waals surface area contributed by atoms with Gasteiger partial charge in [-0.25, -0.2) is 4.98 Å². The van der Waals surface area contributed by atoms with Crippen LogP contribution in [0, 0.1) is 0 Å². The fourth-order valence-electron chi connectivity index (χ4n) is 3.38. The molecule has 130 valence electrons. The largest absolute Gasteiger partial charge is 0.310 e. The van der Waals surface area contributed by atoms with Crippen LogP contribution in [-0.4, -0.2) is 15.3 Å². The van der Waals surface area contributed by atoms with Crippen LogP contribution >= 0.6 is 23.1 Å². The smallest absolute Gasteiger partial charge is 0.211 e. The van der Waals surface area contributed by atoms with E-state index < -0.39 is 0 Å². The molecule has 0 atom stereocenters. The van der Waals surface area contributed by atoms with Crippen molar-refractivity contribution in [3.8, 4) is 0 Å². The lowest BCUT2D eigenvalue weighted by Gasteiger charge is -2.09. The number of hydrogen-bond donors (Lipinski definition) is 0. The van der Waals surface area contributed by atoms with Gasteiger partial charge in [0.15, 0.2) is 5.16 Å². The lowest BCUT2D eigenvalue weighted by atomic mass is 10.1. The van der Waals surface area contributed by atoms with E-state index >= 15 is 0 Å². The maximum atomic E-state index is 12.9. The second kappa shape index (κ2) is 7.34. The summed E-state index contributed by atoms with van der Waals surface area (Å²) in [6.07, 6.45) is 5.15. The number of rotatable bonds is 6. The fourth-order valence-corrected chi connectivity index (χ4v) is 5.64. The summed E-state index contributed by atoms with van der Waals surface area (Å²) in [5.74, 6) is 1.03. The third-order valence-corrected chi connectivity index (χ3v) is 7.15. The van der Waals surface area contributed by atoms with Crippen LogP contribution < -0.4 is 5.43 Å². The molecule has 1 aliphatic carbocycles. The molecule has 2 aromatic heterocycles.